The molecule has 1 saturated carbocycles. The molecule has 6 heteroatoms. The average molecular weight is 365 g/mol. The number of carbonyl (C=O) groups is 2. The summed E-state index contributed by atoms with van der Waals surface area (Å²) in [7, 11) is 2.17. The molecule has 0 bridgehead atoms. The number of likely N-dealkylation sites (N-methyl/N-ethyl adjacent to an activating group) is 1. The molecule has 1 N–H and O–H groups in total. The van der Waals surface area contributed by atoms with E-state index in [0.717, 1.165) is 64.8 Å². The van der Waals surface area contributed by atoms with Gasteiger partial charge in [-0.25, -0.2) is 0 Å². The number of nitrogens with one attached hydrogen (secondary N) is 1. The number of hydrogen-bond acceptors (Lipinski definition) is 4. The van der Waals surface area contributed by atoms with Crippen molar-refractivity contribution in [2.24, 2.45) is 5.41 Å². The van der Waals surface area contributed by atoms with Crippen LogP contribution in [0, 0.1) is 5.41 Å². The van der Waals surface area contributed by atoms with Gasteiger partial charge in [0, 0.05) is 38.8 Å². The first-order valence-corrected chi connectivity index (χ1v) is 10.5. The van der Waals surface area contributed by atoms with Crippen LogP contribution >= 0.6 is 0 Å². The van der Waals surface area contributed by atoms with E-state index in [4.69, 9.17) is 0 Å². The van der Waals surface area contributed by atoms with Crippen LogP contribution < -0.4 is 5.32 Å². The lowest BCUT2D eigenvalue weighted by molar-refractivity contribution is -0.185. The van der Waals surface area contributed by atoms with Crippen molar-refractivity contribution in [1.82, 2.24) is 20.0 Å². The molecule has 2 heterocycles. The highest BCUT2D eigenvalue weighted by Gasteiger charge is 2.63. The summed E-state index contributed by atoms with van der Waals surface area (Å²) in [5.41, 5.74) is -0.399. The zero-order chi connectivity index (χ0) is 18.7. The molecule has 6 nitrogen and oxygen atoms in total. The normalized spacial score (nSPS) is 27.0. The molecule has 1 atom stereocenters. The number of amides is 2. The molecule has 2 aliphatic heterocycles. The fourth-order valence-electron chi connectivity index (χ4n) is 4.95. The van der Waals surface area contributed by atoms with E-state index < -0.39 is 5.41 Å². The van der Waals surface area contributed by atoms with Crippen LogP contribution in [0.5, 0.6) is 0 Å². The van der Waals surface area contributed by atoms with Gasteiger partial charge in [0.05, 0.1) is 5.41 Å². The molecule has 3 fully saturated rings. The Hall–Kier alpha value is -1.14. The minimum absolute atomic E-state index is 0.0681. The maximum atomic E-state index is 12.9. The maximum absolute atomic E-state index is 12.9. The summed E-state index contributed by atoms with van der Waals surface area (Å²) in [5, 5.41) is 3.14. The highest BCUT2D eigenvalue weighted by Crippen LogP contribution is 2.50. The van der Waals surface area contributed by atoms with E-state index in [1.54, 1.807) is 0 Å². The van der Waals surface area contributed by atoms with Crippen LogP contribution in [0.3, 0.4) is 0 Å². The van der Waals surface area contributed by atoms with Gasteiger partial charge >= 0.3 is 0 Å². The van der Waals surface area contributed by atoms with Crippen LogP contribution in [0.4, 0.5) is 0 Å². The molecule has 3 rings (SSSR count). The minimum atomic E-state index is -0.399. The van der Waals surface area contributed by atoms with Crippen molar-refractivity contribution in [3.63, 3.8) is 0 Å². The number of rotatable bonds is 6. The lowest BCUT2D eigenvalue weighted by Crippen LogP contribution is -2.75. The molecule has 1 unspecified atom stereocenters. The van der Waals surface area contributed by atoms with Crippen molar-refractivity contribution in [3.05, 3.63) is 0 Å². The Morgan fingerprint density at radius 1 is 1.15 bits per heavy atom. The van der Waals surface area contributed by atoms with Gasteiger partial charge in [0.15, 0.2) is 0 Å². The Balaban J connectivity index is 1.49. The highest BCUT2D eigenvalue weighted by molar-refractivity contribution is 6.02. The van der Waals surface area contributed by atoms with Gasteiger partial charge < -0.3 is 20.0 Å². The second-order valence-electron chi connectivity index (χ2n) is 8.72. The van der Waals surface area contributed by atoms with Gasteiger partial charge in [-0.2, -0.15) is 0 Å². The number of carbonyl (C=O) groups excluding carboxylic acids is 2. The van der Waals surface area contributed by atoms with Crippen LogP contribution in [0.25, 0.3) is 0 Å². The standard InChI is InChI=1S/C20H36N4O2/c1-16(2)24-17(20(19(24)26)8-5-4-6-9-20)18(25)21-10-7-11-23-14-12-22(3)13-15-23/h16-17H,4-15H2,1-3H3,(H,21,25). The van der Waals surface area contributed by atoms with Crippen molar-refractivity contribution < 1.29 is 9.59 Å². The van der Waals surface area contributed by atoms with Crippen LogP contribution in [0.1, 0.15) is 52.4 Å². The van der Waals surface area contributed by atoms with E-state index in [0.29, 0.717) is 6.54 Å². The van der Waals surface area contributed by atoms with E-state index in [2.05, 4.69) is 22.2 Å². The summed E-state index contributed by atoms with van der Waals surface area (Å²) in [6.45, 7) is 10.3. The number of nitrogens with zero attached hydrogens (tertiary/aromatic N) is 3. The van der Waals surface area contributed by atoms with E-state index in [1.165, 1.54) is 6.42 Å². The van der Waals surface area contributed by atoms with Gasteiger partial charge in [-0.1, -0.05) is 19.3 Å². The molecule has 148 valence electrons. The number of hydrogen-bond donors (Lipinski definition) is 1. The van der Waals surface area contributed by atoms with E-state index in [9.17, 15) is 9.59 Å². The summed E-state index contributed by atoms with van der Waals surface area (Å²) >= 11 is 0. The van der Waals surface area contributed by atoms with E-state index in [1.807, 2.05) is 18.7 Å². The first-order chi connectivity index (χ1) is 12.5. The lowest BCUT2D eigenvalue weighted by atomic mass is 9.61. The predicted molar refractivity (Wildman–Crippen MR) is 103 cm³/mol. The Morgan fingerprint density at radius 2 is 1.81 bits per heavy atom. The highest BCUT2D eigenvalue weighted by atomic mass is 16.2. The molecule has 0 aromatic carbocycles. The summed E-state index contributed by atoms with van der Waals surface area (Å²) < 4.78 is 0. The van der Waals surface area contributed by atoms with Crippen molar-refractivity contribution in [1.29, 1.82) is 0 Å². The zero-order valence-corrected chi connectivity index (χ0v) is 16.8. The molecule has 1 aliphatic carbocycles. The molecule has 3 aliphatic rings. The summed E-state index contributed by atoms with van der Waals surface area (Å²) in [4.78, 5) is 32.4. The molecule has 0 aromatic heterocycles. The predicted octanol–water partition coefficient (Wildman–Crippen LogP) is 1.31. The van der Waals surface area contributed by atoms with Crippen LogP contribution in [0.15, 0.2) is 0 Å². The topological polar surface area (TPSA) is 55.9 Å². The van der Waals surface area contributed by atoms with Crippen LogP contribution in [-0.2, 0) is 9.59 Å². The Labute approximate surface area is 158 Å². The van der Waals surface area contributed by atoms with Crippen molar-refractivity contribution in [2.45, 2.75) is 64.5 Å². The van der Waals surface area contributed by atoms with Crippen molar-refractivity contribution in [2.75, 3.05) is 46.3 Å². The molecule has 26 heavy (non-hydrogen) atoms. The SMILES string of the molecule is CC(C)N1C(=O)C2(CCCCC2)C1C(=O)NCCCN1CCN(C)CC1. The monoisotopic (exact) mass is 364 g/mol. The minimum Gasteiger partial charge on any atom is -0.354 e. The molecule has 0 radical (unpaired) electrons. The molecule has 2 amide bonds. The Kier molecular flexibility index (Phi) is 6.23. The fourth-order valence-corrected chi connectivity index (χ4v) is 4.95. The third-order valence-electron chi connectivity index (χ3n) is 6.56. The third kappa shape index (κ3) is 3.77. The maximum Gasteiger partial charge on any atom is 0.243 e. The van der Waals surface area contributed by atoms with Crippen molar-refractivity contribution in [3.8, 4) is 0 Å². The zero-order valence-electron chi connectivity index (χ0n) is 16.8. The Bertz CT molecular complexity index is 508. The van der Waals surface area contributed by atoms with Gasteiger partial charge in [0.2, 0.25) is 11.8 Å². The first-order valence-electron chi connectivity index (χ1n) is 10.5. The van der Waals surface area contributed by atoms with Gasteiger partial charge in [-0.05, 0) is 46.7 Å². The van der Waals surface area contributed by atoms with Crippen molar-refractivity contribution >= 4 is 11.8 Å². The van der Waals surface area contributed by atoms with Gasteiger partial charge in [-0.15, -0.1) is 0 Å². The van der Waals surface area contributed by atoms with Crippen LogP contribution in [0.2, 0.25) is 0 Å². The summed E-state index contributed by atoms with van der Waals surface area (Å²) in [6.07, 6.45) is 6.08. The molecular weight excluding hydrogens is 328 g/mol. The largest absolute Gasteiger partial charge is 0.354 e. The molecule has 0 aromatic rings. The number of piperazine rings is 1. The van der Waals surface area contributed by atoms with E-state index >= 15 is 0 Å². The Morgan fingerprint density at radius 3 is 2.42 bits per heavy atom. The fraction of sp³-hybridized carbons (Fsp3) is 0.900. The molecular formula is C20H36N4O2. The van der Waals surface area contributed by atoms with Crippen LogP contribution in [-0.4, -0.2) is 84.9 Å². The average Bonchev–Trinajstić information content (AvgIpc) is 2.64. The molecule has 2 saturated heterocycles. The van der Waals surface area contributed by atoms with Gasteiger partial charge in [0.25, 0.3) is 0 Å². The van der Waals surface area contributed by atoms with Gasteiger partial charge in [0.1, 0.15) is 6.04 Å². The second kappa shape index (κ2) is 8.26. The summed E-state index contributed by atoms with van der Waals surface area (Å²) in [5.74, 6) is 0.281. The number of likely N-dealkylation sites (tertiary alicyclic amines) is 1. The molecule has 1 spiro atoms. The first kappa shape index (κ1) is 19.6. The lowest BCUT2D eigenvalue weighted by Gasteiger charge is -2.58. The second-order valence-corrected chi connectivity index (χ2v) is 8.72. The quantitative estimate of drug-likeness (QED) is 0.570. The van der Waals surface area contributed by atoms with Gasteiger partial charge in [-0.3, -0.25) is 9.59 Å². The number of β-lactam (4-membered cyclic amide) rings is 1. The third-order valence-corrected chi connectivity index (χ3v) is 6.56. The smallest absolute Gasteiger partial charge is 0.243 e. The summed E-state index contributed by atoms with van der Waals surface area (Å²) in [6, 6.07) is -0.157. The van der Waals surface area contributed by atoms with E-state index in [-0.39, 0.29) is 23.9 Å².